The van der Waals surface area contributed by atoms with Crippen molar-refractivity contribution in [3.63, 3.8) is 0 Å². The predicted octanol–water partition coefficient (Wildman–Crippen LogP) is 3.65. The number of rotatable bonds is 9. The van der Waals surface area contributed by atoms with Gasteiger partial charge >= 0.3 is 0 Å². The highest BCUT2D eigenvalue weighted by molar-refractivity contribution is 5.25. The van der Waals surface area contributed by atoms with Gasteiger partial charge in [-0.15, -0.1) is 0 Å². The van der Waals surface area contributed by atoms with Crippen LogP contribution < -0.4 is 5.32 Å². The van der Waals surface area contributed by atoms with E-state index in [0.29, 0.717) is 5.92 Å². The molecular weight excluding hydrogens is 234 g/mol. The standard InChI is InChI=1S/C17H27NO/c1-3-10-19-11-9-16(13-18-17-7-8-17)15-6-4-5-14(2)12-15/h4-6,12,16-18H,3,7-11,13H2,1-2H3. The zero-order valence-corrected chi connectivity index (χ0v) is 12.3. The molecule has 0 amide bonds. The van der Waals surface area contributed by atoms with Crippen LogP contribution in [0.15, 0.2) is 24.3 Å². The molecule has 2 nitrogen and oxygen atoms in total. The van der Waals surface area contributed by atoms with E-state index in [1.165, 1.54) is 24.0 Å². The van der Waals surface area contributed by atoms with Gasteiger partial charge in [0.1, 0.15) is 0 Å². The van der Waals surface area contributed by atoms with E-state index in [0.717, 1.165) is 38.6 Å². The Hall–Kier alpha value is -0.860. The van der Waals surface area contributed by atoms with Crippen molar-refractivity contribution >= 4 is 0 Å². The van der Waals surface area contributed by atoms with Crippen molar-refractivity contribution in [1.29, 1.82) is 0 Å². The second-order valence-electron chi connectivity index (χ2n) is 5.69. The minimum Gasteiger partial charge on any atom is -0.381 e. The summed E-state index contributed by atoms with van der Waals surface area (Å²) in [6.45, 7) is 7.17. The summed E-state index contributed by atoms with van der Waals surface area (Å²) in [5, 5.41) is 3.66. The second kappa shape index (κ2) is 7.66. The quantitative estimate of drug-likeness (QED) is 0.685. The fraction of sp³-hybridized carbons (Fsp3) is 0.647. The number of hydrogen-bond donors (Lipinski definition) is 1. The molecule has 1 aromatic carbocycles. The molecule has 1 fully saturated rings. The molecular formula is C17H27NO. The highest BCUT2D eigenvalue weighted by atomic mass is 16.5. The van der Waals surface area contributed by atoms with Crippen LogP contribution in [0.1, 0.15) is 49.7 Å². The molecule has 1 aliphatic rings. The third kappa shape index (κ3) is 5.33. The molecule has 1 atom stereocenters. The monoisotopic (exact) mass is 261 g/mol. The Morgan fingerprint density at radius 3 is 2.84 bits per heavy atom. The molecule has 0 spiro atoms. The molecule has 0 bridgehead atoms. The highest BCUT2D eigenvalue weighted by Gasteiger charge is 2.22. The van der Waals surface area contributed by atoms with E-state index in [4.69, 9.17) is 4.74 Å². The predicted molar refractivity (Wildman–Crippen MR) is 80.7 cm³/mol. The fourth-order valence-electron chi connectivity index (χ4n) is 2.38. The van der Waals surface area contributed by atoms with Crippen LogP contribution in [-0.4, -0.2) is 25.8 Å². The molecule has 1 N–H and O–H groups in total. The Bertz CT molecular complexity index is 373. The Morgan fingerprint density at radius 2 is 2.16 bits per heavy atom. The first-order valence-corrected chi connectivity index (χ1v) is 7.67. The number of ether oxygens (including phenoxy) is 1. The number of nitrogens with one attached hydrogen (secondary N) is 1. The van der Waals surface area contributed by atoms with Crippen molar-refractivity contribution in [2.75, 3.05) is 19.8 Å². The van der Waals surface area contributed by atoms with Gasteiger partial charge in [0.05, 0.1) is 0 Å². The first kappa shape index (κ1) is 14.5. The van der Waals surface area contributed by atoms with Crippen molar-refractivity contribution < 1.29 is 4.74 Å². The van der Waals surface area contributed by atoms with Gasteiger partial charge in [-0.2, -0.15) is 0 Å². The molecule has 2 heteroatoms. The summed E-state index contributed by atoms with van der Waals surface area (Å²) in [5.74, 6) is 0.581. The molecule has 0 heterocycles. The maximum atomic E-state index is 5.66. The van der Waals surface area contributed by atoms with Gasteiger partial charge in [0, 0.05) is 25.8 Å². The van der Waals surface area contributed by atoms with Crippen molar-refractivity contribution in [2.24, 2.45) is 0 Å². The molecule has 1 saturated carbocycles. The van der Waals surface area contributed by atoms with Crippen molar-refractivity contribution in [1.82, 2.24) is 5.32 Å². The maximum Gasteiger partial charge on any atom is 0.0472 e. The smallest absolute Gasteiger partial charge is 0.0472 e. The third-order valence-electron chi connectivity index (χ3n) is 3.70. The Labute approximate surface area is 117 Å². The summed E-state index contributed by atoms with van der Waals surface area (Å²) in [4.78, 5) is 0. The number of hydrogen-bond acceptors (Lipinski definition) is 2. The average Bonchev–Trinajstić information content (AvgIpc) is 3.22. The Kier molecular flexibility index (Phi) is 5.87. The van der Waals surface area contributed by atoms with Gasteiger partial charge in [-0.25, -0.2) is 0 Å². The van der Waals surface area contributed by atoms with Gasteiger partial charge in [-0.05, 0) is 44.1 Å². The van der Waals surface area contributed by atoms with E-state index in [-0.39, 0.29) is 0 Å². The van der Waals surface area contributed by atoms with Gasteiger partial charge in [-0.3, -0.25) is 0 Å². The van der Waals surface area contributed by atoms with E-state index >= 15 is 0 Å². The van der Waals surface area contributed by atoms with Crippen LogP contribution in [0.2, 0.25) is 0 Å². The summed E-state index contributed by atoms with van der Waals surface area (Å²) in [6.07, 6.45) is 4.93. The molecule has 1 unspecified atom stereocenters. The van der Waals surface area contributed by atoms with Gasteiger partial charge < -0.3 is 10.1 Å². The van der Waals surface area contributed by atoms with Crippen LogP contribution in [0.3, 0.4) is 0 Å². The summed E-state index contributed by atoms with van der Waals surface area (Å²) >= 11 is 0. The molecule has 0 aliphatic heterocycles. The van der Waals surface area contributed by atoms with Gasteiger partial charge in [0.25, 0.3) is 0 Å². The van der Waals surface area contributed by atoms with E-state index in [1.807, 2.05) is 0 Å². The minimum absolute atomic E-state index is 0.581. The van der Waals surface area contributed by atoms with E-state index in [1.54, 1.807) is 0 Å². The van der Waals surface area contributed by atoms with Crippen molar-refractivity contribution in [3.8, 4) is 0 Å². The van der Waals surface area contributed by atoms with Gasteiger partial charge in [-0.1, -0.05) is 36.8 Å². The Morgan fingerprint density at radius 1 is 1.32 bits per heavy atom. The summed E-state index contributed by atoms with van der Waals surface area (Å²) in [5.41, 5.74) is 2.80. The third-order valence-corrected chi connectivity index (χ3v) is 3.70. The normalized spacial score (nSPS) is 16.5. The van der Waals surface area contributed by atoms with Crippen molar-refractivity contribution in [3.05, 3.63) is 35.4 Å². The molecule has 0 radical (unpaired) electrons. The van der Waals surface area contributed by atoms with Gasteiger partial charge in [0.15, 0.2) is 0 Å². The lowest BCUT2D eigenvalue weighted by Crippen LogP contribution is -2.24. The fourth-order valence-corrected chi connectivity index (χ4v) is 2.38. The molecule has 106 valence electrons. The first-order valence-electron chi connectivity index (χ1n) is 7.67. The Balaban J connectivity index is 1.87. The molecule has 0 aromatic heterocycles. The second-order valence-corrected chi connectivity index (χ2v) is 5.69. The van der Waals surface area contributed by atoms with E-state index < -0.39 is 0 Å². The number of aryl methyl sites for hydroxylation is 1. The molecule has 19 heavy (non-hydrogen) atoms. The first-order chi connectivity index (χ1) is 9.29. The summed E-state index contributed by atoms with van der Waals surface area (Å²) < 4.78 is 5.66. The van der Waals surface area contributed by atoms with Crippen LogP contribution in [0, 0.1) is 6.92 Å². The maximum absolute atomic E-state index is 5.66. The summed E-state index contributed by atoms with van der Waals surface area (Å²) in [7, 11) is 0. The SMILES string of the molecule is CCCOCCC(CNC1CC1)c1cccc(C)c1. The zero-order chi connectivity index (χ0) is 13.5. The van der Waals surface area contributed by atoms with Crippen LogP contribution >= 0.6 is 0 Å². The molecule has 1 aliphatic carbocycles. The largest absolute Gasteiger partial charge is 0.381 e. The molecule has 1 aromatic rings. The van der Waals surface area contributed by atoms with Crippen LogP contribution in [0.5, 0.6) is 0 Å². The van der Waals surface area contributed by atoms with E-state index in [2.05, 4.69) is 43.4 Å². The topological polar surface area (TPSA) is 21.3 Å². The molecule has 2 rings (SSSR count). The summed E-state index contributed by atoms with van der Waals surface area (Å²) in [6, 6.07) is 9.69. The minimum atomic E-state index is 0.581. The average molecular weight is 261 g/mol. The zero-order valence-electron chi connectivity index (χ0n) is 12.3. The van der Waals surface area contributed by atoms with Crippen LogP contribution in [-0.2, 0) is 4.74 Å². The highest BCUT2D eigenvalue weighted by Crippen LogP contribution is 2.24. The van der Waals surface area contributed by atoms with Gasteiger partial charge in [0.2, 0.25) is 0 Å². The lowest BCUT2D eigenvalue weighted by atomic mass is 9.94. The molecule has 0 saturated heterocycles. The van der Waals surface area contributed by atoms with Crippen molar-refractivity contribution in [2.45, 2.75) is 51.5 Å². The van der Waals surface area contributed by atoms with Crippen LogP contribution in [0.25, 0.3) is 0 Å². The van der Waals surface area contributed by atoms with E-state index in [9.17, 15) is 0 Å². The number of benzene rings is 1. The lowest BCUT2D eigenvalue weighted by molar-refractivity contribution is 0.127. The lowest BCUT2D eigenvalue weighted by Gasteiger charge is -2.18. The van der Waals surface area contributed by atoms with Crippen LogP contribution in [0.4, 0.5) is 0 Å².